The number of hydrogen-bond donors (Lipinski definition) is 0. The van der Waals surface area contributed by atoms with E-state index in [-0.39, 0.29) is 5.92 Å². The van der Waals surface area contributed by atoms with E-state index in [1.807, 2.05) is 6.07 Å². The SMILES string of the molecule is O=C([C@H]1C[C@H]1c1ccccc1)N1CCCCCC1. The second kappa shape index (κ2) is 5.13. The fraction of sp³-hybridized carbons (Fsp3) is 0.562. The lowest BCUT2D eigenvalue weighted by molar-refractivity contribution is -0.132. The van der Waals surface area contributed by atoms with Crippen LogP contribution in [0.3, 0.4) is 0 Å². The summed E-state index contributed by atoms with van der Waals surface area (Å²) in [6.45, 7) is 1.97. The monoisotopic (exact) mass is 243 g/mol. The summed E-state index contributed by atoms with van der Waals surface area (Å²) in [5, 5.41) is 0. The molecular formula is C16H21NO. The molecule has 1 aromatic carbocycles. The third kappa shape index (κ3) is 2.43. The molecule has 2 fully saturated rings. The molecule has 1 aromatic rings. The molecule has 0 spiro atoms. The first-order chi connectivity index (χ1) is 8.86. The molecule has 2 heteroatoms. The molecule has 0 aromatic heterocycles. The van der Waals surface area contributed by atoms with Crippen molar-refractivity contribution >= 4 is 5.91 Å². The molecule has 2 atom stereocenters. The van der Waals surface area contributed by atoms with Crippen molar-refractivity contribution in [3.05, 3.63) is 35.9 Å². The first-order valence-corrected chi connectivity index (χ1v) is 7.20. The first-order valence-electron chi connectivity index (χ1n) is 7.20. The number of amides is 1. The highest BCUT2D eigenvalue weighted by Gasteiger charge is 2.45. The minimum absolute atomic E-state index is 0.269. The van der Waals surface area contributed by atoms with Crippen LogP contribution < -0.4 is 0 Å². The molecule has 0 N–H and O–H groups in total. The van der Waals surface area contributed by atoms with E-state index in [1.165, 1.54) is 31.2 Å². The summed E-state index contributed by atoms with van der Waals surface area (Å²) in [6, 6.07) is 10.5. The maximum absolute atomic E-state index is 12.4. The van der Waals surface area contributed by atoms with Gasteiger partial charge in [-0.25, -0.2) is 0 Å². The number of carbonyl (C=O) groups excluding carboxylic acids is 1. The quantitative estimate of drug-likeness (QED) is 0.781. The Labute approximate surface area is 109 Å². The molecule has 1 heterocycles. The smallest absolute Gasteiger partial charge is 0.226 e. The van der Waals surface area contributed by atoms with E-state index in [0.29, 0.717) is 11.8 Å². The Kier molecular flexibility index (Phi) is 3.35. The van der Waals surface area contributed by atoms with Crippen molar-refractivity contribution in [3.8, 4) is 0 Å². The fourth-order valence-electron chi connectivity index (χ4n) is 3.06. The molecule has 3 rings (SSSR count). The van der Waals surface area contributed by atoms with Crippen LogP contribution >= 0.6 is 0 Å². The van der Waals surface area contributed by atoms with E-state index in [1.54, 1.807) is 0 Å². The van der Waals surface area contributed by atoms with E-state index >= 15 is 0 Å². The largest absolute Gasteiger partial charge is 0.342 e. The third-order valence-electron chi connectivity index (χ3n) is 4.25. The second-order valence-electron chi connectivity index (χ2n) is 5.60. The van der Waals surface area contributed by atoms with Crippen LogP contribution in [0.4, 0.5) is 0 Å². The molecule has 1 aliphatic carbocycles. The standard InChI is InChI=1S/C16H21NO/c18-16(17-10-6-1-2-7-11-17)15-12-14(15)13-8-4-3-5-9-13/h3-5,8-9,14-15H,1-2,6-7,10-12H2/t14-,15-/m0/s1. The maximum Gasteiger partial charge on any atom is 0.226 e. The van der Waals surface area contributed by atoms with Crippen LogP contribution in [0.15, 0.2) is 30.3 Å². The maximum atomic E-state index is 12.4. The number of benzene rings is 1. The molecular weight excluding hydrogens is 222 g/mol. The Bertz CT molecular complexity index is 406. The van der Waals surface area contributed by atoms with Crippen LogP contribution in [0.25, 0.3) is 0 Å². The fourth-order valence-corrected chi connectivity index (χ4v) is 3.06. The van der Waals surface area contributed by atoms with Gasteiger partial charge in [-0.05, 0) is 30.7 Å². The molecule has 2 aliphatic rings. The van der Waals surface area contributed by atoms with E-state index < -0.39 is 0 Å². The molecule has 0 radical (unpaired) electrons. The number of rotatable bonds is 2. The Hall–Kier alpha value is -1.31. The Morgan fingerprint density at radius 3 is 2.33 bits per heavy atom. The van der Waals surface area contributed by atoms with Crippen molar-refractivity contribution in [3.63, 3.8) is 0 Å². The van der Waals surface area contributed by atoms with Gasteiger partial charge in [0, 0.05) is 19.0 Å². The predicted molar refractivity (Wildman–Crippen MR) is 72.3 cm³/mol. The predicted octanol–water partition coefficient (Wildman–Crippen LogP) is 3.19. The lowest BCUT2D eigenvalue weighted by Crippen LogP contribution is -2.33. The zero-order valence-electron chi connectivity index (χ0n) is 10.8. The molecule has 0 unspecified atom stereocenters. The van der Waals surface area contributed by atoms with Crippen LogP contribution in [0.5, 0.6) is 0 Å². The van der Waals surface area contributed by atoms with Gasteiger partial charge in [-0.3, -0.25) is 4.79 Å². The van der Waals surface area contributed by atoms with Gasteiger partial charge < -0.3 is 4.90 Å². The molecule has 18 heavy (non-hydrogen) atoms. The number of nitrogens with zero attached hydrogens (tertiary/aromatic N) is 1. The number of carbonyl (C=O) groups is 1. The van der Waals surface area contributed by atoms with Gasteiger partial charge in [-0.1, -0.05) is 43.2 Å². The minimum Gasteiger partial charge on any atom is -0.342 e. The average Bonchev–Trinajstić information content (AvgIpc) is 3.23. The van der Waals surface area contributed by atoms with Gasteiger partial charge in [0.05, 0.1) is 0 Å². The zero-order valence-corrected chi connectivity index (χ0v) is 10.8. The van der Waals surface area contributed by atoms with Gasteiger partial charge in [0.25, 0.3) is 0 Å². The van der Waals surface area contributed by atoms with Crippen molar-refractivity contribution in [1.29, 1.82) is 0 Å². The lowest BCUT2D eigenvalue weighted by Gasteiger charge is -2.20. The highest BCUT2D eigenvalue weighted by atomic mass is 16.2. The molecule has 1 amide bonds. The normalized spacial score (nSPS) is 27.7. The van der Waals surface area contributed by atoms with Gasteiger partial charge in [0.15, 0.2) is 0 Å². The molecule has 1 aliphatic heterocycles. The summed E-state index contributed by atoms with van der Waals surface area (Å²) >= 11 is 0. The van der Waals surface area contributed by atoms with Gasteiger partial charge in [0.2, 0.25) is 5.91 Å². The van der Waals surface area contributed by atoms with Crippen molar-refractivity contribution in [2.75, 3.05) is 13.1 Å². The van der Waals surface area contributed by atoms with Crippen molar-refractivity contribution < 1.29 is 4.79 Å². The summed E-state index contributed by atoms with van der Waals surface area (Å²) in [6.07, 6.45) is 6.01. The summed E-state index contributed by atoms with van der Waals surface area (Å²) in [4.78, 5) is 14.5. The average molecular weight is 243 g/mol. The van der Waals surface area contributed by atoms with Crippen molar-refractivity contribution in [2.24, 2.45) is 5.92 Å². The van der Waals surface area contributed by atoms with E-state index in [0.717, 1.165) is 19.5 Å². The summed E-state index contributed by atoms with van der Waals surface area (Å²) < 4.78 is 0. The van der Waals surface area contributed by atoms with Gasteiger partial charge in [-0.2, -0.15) is 0 Å². The highest BCUT2D eigenvalue weighted by molar-refractivity contribution is 5.83. The number of hydrogen-bond acceptors (Lipinski definition) is 1. The Balaban J connectivity index is 1.61. The Morgan fingerprint density at radius 2 is 1.67 bits per heavy atom. The van der Waals surface area contributed by atoms with Crippen LogP contribution in [0.2, 0.25) is 0 Å². The Morgan fingerprint density at radius 1 is 1.00 bits per heavy atom. The zero-order chi connectivity index (χ0) is 12.4. The van der Waals surface area contributed by atoms with E-state index in [2.05, 4.69) is 29.2 Å². The molecule has 1 saturated heterocycles. The van der Waals surface area contributed by atoms with Gasteiger partial charge >= 0.3 is 0 Å². The summed E-state index contributed by atoms with van der Waals surface area (Å²) in [5.74, 6) is 1.17. The molecule has 0 bridgehead atoms. The van der Waals surface area contributed by atoms with E-state index in [4.69, 9.17) is 0 Å². The lowest BCUT2D eigenvalue weighted by atomic mass is 10.1. The summed E-state index contributed by atoms with van der Waals surface area (Å²) in [5.41, 5.74) is 1.34. The van der Waals surface area contributed by atoms with Gasteiger partial charge in [-0.15, -0.1) is 0 Å². The molecule has 1 saturated carbocycles. The minimum atomic E-state index is 0.269. The third-order valence-corrected chi connectivity index (χ3v) is 4.25. The second-order valence-corrected chi connectivity index (χ2v) is 5.60. The van der Waals surface area contributed by atoms with Crippen molar-refractivity contribution in [2.45, 2.75) is 38.0 Å². The molecule has 96 valence electrons. The van der Waals surface area contributed by atoms with Crippen LogP contribution in [0.1, 0.15) is 43.6 Å². The van der Waals surface area contributed by atoms with Crippen LogP contribution in [0, 0.1) is 5.92 Å². The van der Waals surface area contributed by atoms with Crippen molar-refractivity contribution in [1.82, 2.24) is 4.90 Å². The topological polar surface area (TPSA) is 20.3 Å². The highest BCUT2D eigenvalue weighted by Crippen LogP contribution is 2.48. The molecule has 2 nitrogen and oxygen atoms in total. The van der Waals surface area contributed by atoms with Crippen LogP contribution in [-0.4, -0.2) is 23.9 Å². The van der Waals surface area contributed by atoms with E-state index in [9.17, 15) is 4.79 Å². The van der Waals surface area contributed by atoms with Gasteiger partial charge in [0.1, 0.15) is 0 Å². The first kappa shape index (κ1) is 11.8. The number of likely N-dealkylation sites (tertiary alicyclic amines) is 1. The van der Waals surface area contributed by atoms with Crippen LogP contribution in [-0.2, 0) is 4.79 Å². The summed E-state index contributed by atoms with van der Waals surface area (Å²) in [7, 11) is 0.